The second-order valence-electron chi connectivity index (χ2n) is 12.5. The quantitative estimate of drug-likeness (QED) is 0.216. The molecule has 0 aromatic heterocycles. The summed E-state index contributed by atoms with van der Waals surface area (Å²) >= 11 is 0. The maximum Gasteiger partial charge on any atom is 0 e. The Kier molecular flexibility index (Phi) is 12.1. The van der Waals surface area contributed by atoms with Gasteiger partial charge in [0.1, 0.15) is 0 Å². The second-order valence-corrected chi connectivity index (χ2v) is 18.7. The van der Waals surface area contributed by atoms with E-state index in [1.165, 1.54) is 34.0 Å². The van der Waals surface area contributed by atoms with Gasteiger partial charge >= 0.3 is 0 Å². The maximum atomic E-state index is 1.61. The Morgan fingerprint density at radius 1 is 0.242 bits per heavy atom. The van der Waals surface area contributed by atoms with E-state index in [9.17, 15) is 0 Å². The molecule has 6 saturated carbocycles. The van der Waals surface area contributed by atoms with Crippen molar-refractivity contribution in [3.8, 4) is 0 Å². The number of hydrogen-bond donors (Lipinski definition) is 0. The Labute approximate surface area is 223 Å². The minimum Gasteiger partial charge on any atom is -0.0971 e. The summed E-state index contributed by atoms with van der Waals surface area (Å²) in [7, 11) is 0.872. The van der Waals surface area contributed by atoms with Crippen LogP contribution in [0, 0.1) is 0 Å². The van der Waals surface area contributed by atoms with Gasteiger partial charge in [0.15, 0.2) is 0 Å². The van der Waals surface area contributed by atoms with Crippen LogP contribution in [-0.2, 0) is 20.4 Å². The summed E-state index contributed by atoms with van der Waals surface area (Å²) in [6.07, 6.45) is 38.0. The average molecular weight is 583 g/mol. The monoisotopic (exact) mass is 582 g/mol. The van der Waals surface area contributed by atoms with Crippen molar-refractivity contribution in [2.75, 3.05) is 0 Å². The van der Waals surface area contributed by atoms with Gasteiger partial charge in [-0.2, -0.15) is 0 Å². The molecule has 0 atom stereocenters. The fraction of sp³-hybridized carbons (Fsp3) is 1.00. The molecule has 194 valence electrons. The minimum absolute atomic E-state index is 0. The zero-order valence-corrected chi connectivity index (χ0v) is 25.0. The van der Waals surface area contributed by atoms with Gasteiger partial charge in [-0.15, -0.1) is 0 Å². The normalized spacial score (nSPS) is 28.9. The summed E-state index contributed by atoms with van der Waals surface area (Å²) < 4.78 is 0. The van der Waals surface area contributed by atoms with Crippen LogP contribution in [0.1, 0.15) is 154 Å². The van der Waals surface area contributed by atoms with Crippen molar-refractivity contribution in [3.63, 3.8) is 0 Å². The third-order valence-electron chi connectivity index (χ3n) is 10.5. The van der Waals surface area contributed by atoms with Crippen molar-refractivity contribution in [1.29, 1.82) is 0 Å². The first kappa shape index (κ1) is 27.6. The zero-order valence-electron chi connectivity index (χ0n) is 21.6. The van der Waals surface area contributed by atoms with Crippen molar-refractivity contribution in [2.45, 2.75) is 188 Å². The van der Waals surface area contributed by atoms with Crippen molar-refractivity contribution in [1.82, 2.24) is 0 Å². The first-order chi connectivity index (χ1) is 15.9. The fourth-order valence-corrected chi connectivity index (χ4v) is 18.3. The van der Waals surface area contributed by atoms with E-state index in [1.54, 1.807) is 154 Å². The molecule has 3 heteroatoms. The van der Waals surface area contributed by atoms with Crippen LogP contribution in [0.3, 0.4) is 0 Å². The fourth-order valence-electron chi connectivity index (χ4n) is 9.00. The van der Waals surface area contributed by atoms with Crippen molar-refractivity contribution < 1.29 is 20.4 Å². The van der Waals surface area contributed by atoms with Crippen molar-refractivity contribution in [3.05, 3.63) is 0 Å². The zero-order chi connectivity index (χ0) is 21.6. The molecular weight excluding hydrogens is 529 g/mol. The van der Waals surface area contributed by atoms with Gasteiger partial charge in [-0.3, -0.25) is 0 Å². The van der Waals surface area contributed by atoms with E-state index in [0.29, 0.717) is 15.8 Å². The molecule has 0 radical (unpaired) electrons. The van der Waals surface area contributed by atoms with Crippen molar-refractivity contribution >= 4 is 15.8 Å². The minimum atomic E-state index is 0. The smallest absolute Gasteiger partial charge is 0 e. The second kappa shape index (κ2) is 14.5. The molecule has 0 heterocycles. The van der Waals surface area contributed by atoms with Gasteiger partial charge in [0.25, 0.3) is 0 Å². The van der Waals surface area contributed by atoms with Gasteiger partial charge in [0.2, 0.25) is 0 Å². The van der Waals surface area contributed by atoms with Crippen LogP contribution >= 0.6 is 15.8 Å². The van der Waals surface area contributed by atoms with Gasteiger partial charge < -0.3 is 0 Å². The molecule has 0 aromatic rings. The van der Waals surface area contributed by atoms with Crippen LogP contribution < -0.4 is 0 Å². The molecule has 0 aromatic carbocycles. The summed E-state index contributed by atoms with van der Waals surface area (Å²) in [5.74, 6) is 0. The van der Waals surface area contributed by atoms with Crippen molar-refractivity contribution in [2.24, 2.45) is 0 Å². The molecule has 6 fully saturated rings. The Balaban J connectivity index is 0.000000152. The molecule has 0 spiro atoms. The van der Waals surface area contributed by atoms with Gasteiger partial charge in [-0.1, -0.05) is 92.9 Å². The van der Waals surface area contributed by atoms with Gasteiger partial charge in [0.05, 0.1) is 0 Å². The molecule has 0 aliphatic heterocycles. The van der Waals surface area contributed by atoms with Crippen LogP contribution in [0.4, 0.5) is 0 Å². The van der Waals surface area contributed by atoms with E-state index < -0.39 is 0 Å². The van der Waals surface area contributed by atoms with Gasteiger partial charge in [0, 0.05) is 20.4 Å². The topological polar surface area (TPSA) is 0 Å². The Morgan fingerprint density at radius 3 is 0.485 bits per heavy atom. The molecule has 0 saturated heterocycles. The number of hydrogen-bond acceptors (Lipinski definition) is 0. The first-order valence-corrected chi connectivity index (χ1v) is 18.5. The molecule has 6 aliphatic carbocycles. The molecule has 0 N–H and O–H groups in total. The summed E-state index contributed by atoms with van der Waals surface area (Å²) in [6.45, 7) is 0. The third kappa shape index (κ3) is 7.31. The van der Waals surface area contributed by atoms with Gasteiger partial charge in [-0.25, -0.2) is 0 Å². The predicted molar refractivity (Wildman–Crippen MR) is 147 cm³/mol. The molecule has 0 bridgehead atoms. The molecular formula is C30H54P2Pd. The van der Waals surface area contributed by atoms with E-state index in [4.69, 9.17) is 0 Å². The largest absolute Gasteiger partial charge is 0.0971 e. The van der Waals surface area contributed by atoms with Gasteiger partial charge in [-0.05, 0) is 111 Å². The van der Waals surface area contributed by atoms with E-state index in [1.807, 2.05) is 0 Å². The first-order valence-electron chi connectivity index (χ1n) is 15.4. The summed E-state index contributed by atoms with van der Waals surface area (Å²) in [6, 6.07) is 0. The average Bonchev–Trinajstić information content (AvgIpc) is 3.67. The van der Waals surface area contributed by atoms with Crippen LogP contribution in [0.25, 0.3) is 0 Å². The molecule has 6 aliphatic rings. The molecule has 0 nitrogen and oxygen atoms in total. The Bertz CT molecular complexity index is 393. The molecule has 0 amide bonds. The van der Waals surface area contributed by atoms with Crippen LogP contribution in [0.5, 0.6) is 0 Å². The standard InChI is InChI=1S/2C15H27P.Pd/c2*1-2-8-13(7-1)16(14-9-3-4-10-14)15-11-5-6-12-15;/h2*13-15H,1-12H2;. The summed E-state index contributed by atoms with van der Waals surface area (Å²) in [5, 5.41) is 0. The van der Waals surface area contributed by atoms with Crippen LogP contribution in [0.2, 0.25) is 0 Å². The van der Waals surface area contributed by atoms with E-state index >= 15 is 0 Å². The SMILES string of the molecule is C1CCC(P(C2CCCC2)C2CCCC2)C1.C1CCC(P(C2CCCC2)C2CCCC2)C1.[Pd]. The Morgan fingerprint density at radius 2 is 0.364 bits per heavy atom. The summed E-state index contributed by atoms with van der Waals surface area (Å²) in [5.41, 5.74) is 7.26. The molecule has 6 rings (SSSR count). The predicted octanol–water partition coefficient (Wildman–Crippen LogP) is 10.6. The van der Waals surface area contributed by atoms with E-state index in [-0.39, 0.29) is 20.4 Å². The van der Waals surface area contributed by atoms with E-state index in [0.717, 1.165) is 0 Å². The molecule has 0 unspecified atom stereocenters. The number of rotatable bonds is 6. The summed E-state index contributed by atoms with van der Waals surface area (Å²) in [4.78, 5) is 0. The van der Waals surface area contributed by atoms with Crippen LogP contribution in [0.15, 0.2) is 0 Å². The maximum absolute atomic E-state index is 1.61. The molecule has 33 heavy (non-hydrogen) atoms. The Hall–Kier alpha value is 1.52. The van der Waals surface area contributed by atoms with Crippen LogP contribution in [-0.4, -0.2) is 34.0 Å². The van der Waals surface area contributed by atoms with E-state index in [2.05, 4.69) is 0 Å². The third-order valence-corrected chi connectivity index (χ3v) is 18.6.